The van der Waals surface area contributed by atoms with Crippen LogP contribution in [-0.4, -0.2) is 66.0 Å². The van der Waals surface area contributed by atoms with Crippen molar-refractivity contribution in [3.05, 3.63) is 59.9 Å². The van der Waals surface area contributed by atoms with E-state index in [1.165, 1.54) is 31.1 Å². The van der Waals surface area contributed by atoms with Crippen LogP contribution in [0.4, 0.5) is 4.79 Å². The monoisotopic (exact) mass is 409 g/mol. The molecule has 0 spiro atoms. The maximum atomic E-state index is 12.8. The predicted molar refractivity (Wildman–Crippen MR) is 107 cm³/mol. The third-order valence-electron chi connectivity index (χ3n) is 5.52. The number of piperazine rings is 1. The Morgan fingerprint density at radius 1 is 1.00 bits per heavy atom. The zero-order valence-electron chi connectivity index (χ0n) is 16.7. The van der Waals surface area contributed by atoms with E-state index in [0.29, 0.717) is 32.1 Å². The van der Waals surface area contributed by atoms with E-state index in [4.69, 9.17) is 4.74 Å². The molecule has 2 unspecified atom stereocenters. The zero-order valence-corrected chi connectivity index (χ0v) is 16.7. The number of carbonyl (C=O) groups excluding carboxylic acids is 3. The molecule has 0 bridgehead atoms. The highest BCUT2D eigenvalue weighted by molar-refractivity contribution is 5.89. The SMILES string of the molecule is COC(=O)c1cncc(OC(=O)N2CCN(C(=O)C3CC3c3ccccc3)CC2)c1. The van der Waals surface area contributed by atoms with Gasteiger partial charge < -0.3 is 19.3 Å². The van der Waals surface area contributed by atoms with E-state index in [9.17, 15) is 14.4 Å². The fourth-order valence-electron chi connectivity index (χ4n) is 3.75. The fraction of sp³-hybridized carbons (Fsp3) is 0.364. The van der Waals surface area contributed by atoms with Crippen molar-refractivity contribution in [2.45, 2.75) is 12.3 Å². The molecule has 30 heavy (non-hydrogen) atoms. The zero-order chi connectivity index (χ0) is 21.1. The number of amides is 2. The Bertz CT molecular complexity index is 941. The summed E-state index contributed by atoms with van der Waals surface area (Å²) < 4.78 is 9.97. The van der Waals surface area contributed by atoms with Crippen LogP contribution < -0.4 is 4.74 Å². The van der Waals surface area contributed by atoms with Gasteiger partial charge >= 0.3 is 12.1 Å². The van der Waals surface area contributed by atoms with Gasteiger partial charge in [0.15, 0.2) is 5.75 Å². The topological polar surface area (TPSA) is 89.0 Å². The second-order valence-corrected chi connectivity index (χ2v) is 7.44. The number of nitrogens with zero attached hydrogens (tertiary/aromatic N) is 3. The summed E-state index contributed by atoms with van der Waals surface area (Å²) in [7, 11) is 1.27. The lowest BCUT2D eigenvalue weighted by Gasteiger charge is -2.34. The Balaban J connectivity index is 1.28. The number of rotatable bonds is 4. The first-order valence-electron chi connectivity index (χ1n) is 9.90. The number of aromatic nitrogens is 1. The lowest BCUT2D eigenvalue weighted by atomic mass is 10.1. The van der Waals surface area contributed by atoms with Gasteiger partial charge in [-0.25, -0.2) is 9.59 Å². The molecule has 2 atom stereocenters. The Kier molecular flexibility index (Phi) is 5.65. The molecule has 8 nitrogen and oxygen atoms in total. The highest BCUT2D eigenvalue weighted by atomic mass is 16.6. The van der Waals surface area contributed by atoms with Crippen molar-refractivity contribution in [2.24, 2.45) is 5.92 Å². The number of pyridine rings is 1. The molecular weight excluding hydrogens is 386 g/mol. The van der Waals surface area contributed by atoms with Gasteiger partial charge in [0.2, 0.25) is 5.91 Å². The fourth-order valence-corrected chi connectivity index (χ4v) is 3.75. The van der Waals surface area contributed by atoms with Crippen LogP contribution in [-0.2, 0) is 9.53 Å². The summed E-state index contributed by atoms with van der Waals surface area (Å²) in [4.78, 5) is 44.1. The minimum atomic E-state index is -0.554. The summed E-state index contributed by atoms with van der Waals surface area (Å²) in [5, 5.41) is 0. The summed E-state index contributed by atoms with van der Waals surface area (Å²) in [5.74, 6) is 0.118. The molecule has 4 rings (SSSR count). The molecule has 2 aromatic rings. The highest BCUT2D eigenvalue weighted by Gasteiger charge is 2.46. The Morgan fingerprint density at radius 2 is 1.70 bits per heavy atom. The van der Waals surface area contributed by atoms with Gasteiger partial charge in [-0.3, -0.25) is 9.78 Å². The second-order valence-electron chi connectivity index (χ2n) is 7.44. The average molecular weight is 409 g/mol. The third-order valence-corrected chi connectivity index (χ3v) is 5.52. The van der Waals surface area contributed by atoms with Crippen molar-refractivity contribution in [3.63, 3.8) is 0 Å². The maximum absolute atomic E-state index is 12.8. The van der Waals surface area contributed by atoms with E-state index in [-0.39, 0.29) is 23.1 Å². The van der Waals surface area contributed by atoms with Gasteiger partial charge in [-0.2, -0.15) is 0 Å². The van der Waals surface area contributed by atoms with Gasteiger partial charge in [0.25, 0.3) is 0 Å². The van der Waals surface area contributed by atoms with E-state index in [1.807, 2.05) is 23.1 Å². The quantitative estimate of drug-likeness (QED) is 0.720. The molecule has 1 aliphatic carbocycles. The number of carbonyl (C=O) groups is 3. The molecule has 1 saturated heterocycles. The van der Waals surface area contributed by atoms with Crippen LogP contribution in [0.15, 0.2) is 48.8 Å². The van der Waals surface area contributed by atoms with E-state index in [1.54, 1.807) is 4.90 Å². The lowest BCUT2D eigenvalue weighted by Crippen LogP contribution is -2.51. The lowest BCUT2D eigenvalue weighted by molar-refractivity contribution is -0.134. The molecule has 2 heterocycles. The molecule has 1 aromatic heterocycles. The number of esters is 1. The van der Waals surface area contributed by atoms with Crippen LogP contribution >= 0.6 is 0 Å². The van der Waals surface area contributed by atoms with Crippen molar-refractivity contribution >= 4 is 18.0 Å². The van der Waals surface area contributed by atoms with Gasteiger partial charge in [0, 0.05) is 38.3 Å². The van der Waals surface area contributed by atoms with Crippen molar-refractivity contribution < 1.29 is 23.9 Å². The minimum Gasteiger partial charge on any atom is -0.465 e. The van der Waals surface area contributed by atoms with Crippen LogP contribution in [0.2, 0.25) is 0 Å². The molecule has 1 saturated carbocycles. The van der Waals surface area contributed by atoms with Gasteiger partial charge in [-0.1, -0.05) is 30.3 Å². The molecule has 2 aliphatic rings. The van der Waals surface area contributed by atoms with E-state index in [0.717, 1.165) is 6.42 Å². The Morgan fingerprint density at radius 3 is 2.40 bits per heavy atom. The standard InChI is InChI=1S/C22H23N3O5/c1-29-21(27)16-11-17(14-23-13-16)30-22(28)25-9-7-24(8-10-25)20(26)19-12-18(19)15-5-3-2-4-6-15/h2-6,11,13-14,18-19H,7-10,12H2,1H3. The van der Waals surface area contributed by atoms with Gasteiger partial charge in [-0.05, 0) is 24.0 Å². The van der Waals surface area contributed by atoms with Crippen molar-refractivity contribution in [3.8, 4) is 5.75 Å². The predicted octanol–water partition coefficient (Wildman–Crippen LogP) is 2.31. The number of ether oxygens (including phenoxy) is 2. The van der Waals surface area contributed by atoms with Crippen LogP contribution in [0.1, 0.15) is 28.3 Å². The highest BCUT2D eigenvalue weighted by Crippen LogP contribution is 2.48. The second kappa shape index (κ2) is 8.52. The van der Waals surface area contributed by atoms with Gasteiger partial charge in [0.1, 0.15) is 0 Å². The number of hydrogen-bond donors (Lipinski definition) is 0. The molecule has 2 amide bonds. The number of hydrogen-bond acceptors (Lipinski definition) is 6. The molecule has 0 N–H and O–H groups in total. The minimum absolute atomic E-state index is 0.0398. The summed E-state index contributed by atoms with van der Waals surface area (Å²) in [5.41, 5.74) is 1.41. The maximum Gasteiger partial charge on any atom is 0.415 e. The van der Waals surface area contributed by atoms with Crippen molar-refractivity contribution in [1.82, 2.24) is 14.8 Å². The normalized spacial score (nSPS) is 20.4. The van der Waals surface area contributed by atoms with Gasteiger partial charge in [-0.15, -0.1) is 0 Å². The molecule has 2 fully saturated rings. The average Bonchev–Trinajstić information content (AvgIpc) is 3.60. The first-order valence-corrected chi connectivity index (χ1v) is 9.90. The largest absolute Gasteiger partial charge is 0.465 e. The molecule has 1 aromatic carbocycles. The first kappa shape index (κ1) is 19.9. The smallest absolute Gasteiger partial charge is 0.415 e. The Labute approximate surface area is 174 Å². The molecular formula is C22H23N3O5. The number of benzene rings is 1. The van der Waals surface area contributed by atoms with Crippen LogP contribution in [0.5, 0.6) is 5.75 Å². The summed E-state index contributed by atoms with van der Waals surface area (Å²) in [6, 6.07) is 11.5. The van der Waals surface area contributed by atoms with Crippen LogP contribution in [0.3, 0.4) is 0 Å². The molecule has 8 heteroatoms. The van der Waals surface area contributed by atoms with Crippen LogP contribution in [0.25, 0.3) is 0 Å². The molecule has 0 radical (unpaired) electrons. The van der Waals surface area contributed by atoms with Gasteiger partial charge in [0.05, 0.1) is 18.9 Å². The van der Waals surface area contributed by atoms with E-state index >= 15 is 0 Å². The molecule has 1 aliphatic heterocycles. The summed E-state index contributed by atoms with van der Waals surface area (Å²) in [6.07, 6.45) is 3.06. The van der Waals surface area contributed by atoms with Crippen molar-refractivity contribution in [2.75, 3.05) is 33.3 Å². The third kappa shape index (κ3) is 4.27. The van der Waals surface area contributed by atoms with E-state index < -0.39 is 12.1 Å². The first-order chi connectivity index (χ1) is 14.6. The molecule has 156 valence electrons. The summed E-state index contributed by atoms with van der Waals surface area (Å²) >= 11 is 0. The van der Waals surface area contributed by atoms with E-state index in [2.05, 4.69) is 21.9 Å². The van der Waals surface area contributed by atoms with Crippen molar-refractivity contribution in [1.29, 1.82) is 0 Å². The number of methoxy groups -OCH3 is 1. The van der Waals surface area contributed by atoms with Crippen LogP contribution in [0, 0.1) is 5.92 Å². The summed E-state index contributed by atoms with van der Waals surface area (Å²) in [6.45, 7) is 1.76. The Hall–Kier alpha value is -3.42.